The number of unbranched alkanes of at least 4 members (excludes halogenated alkanes) is 1. The van der Waals surface area contributed by atoms with Crippen molar-refractivity contribution in [3.05, 3.63) is 48.0 Å². The molecule has 2 aromatic rings. The van der Waals surface area contributed by atoms with Crippen LogP contribution in [0.5, 0.6) is 0 Å². The number of nitrogens with zero attached hydrogens (tertiary/aromatic N) is 4. The number of hydrogen-bond donors (Lipinski definition) is 10. The molecule has 0 spiro atoms. The second-order valence-electron chi connectivity index (χ2n) is 19.2. The normalized spacial score (nSPS) is 18.8. The van der Waals surface area contributed by atoms with Crippen LogP contribution in [0.25, 0.3) is 10.8 Å². The van der Waals surface area contributed by atoms with E-state index in [1.54, 1.807) is 14.7 Å². The third kappa shape index (κ3) is 22.6. The molecule has 4 rings (SSSR count). The molecule has 2 fully saturated rings. The fourth-order valence-corrected chi connectivity index (χ4v) is 9.28. The minimum atomic E-state index is -1.55. The summed E-state index contributed by atoms with van der Waals surface area (Å²) in [6.45, 7) is 1.85. The van der Waals surface area contributed by atoms with Gasteiger partial charge in [0.1, 0.15) is 17.9 Å². The van der Waals surface area contributed by atoms with Gasteiger partial charge in [-0.05, 0) is 80.0 Å². The van der Waals surface area contributed by atoms with Crippen LogP contribution in [-0.2, 0) is 49.6 Å². The van der Waals surface area contributed by atoms with Crippen LogP contribution in [-0.4, -0.2) is 213 Å². The van der Waals surface area contributed by atoms with Crippen molar-refractivity contribution in [2.75, 3.05) is 91.6 Å². The van der Waals surface area contributed by atoms with Crippen LogP contribution in [0.1, 0.15) is 69.8 Å². The summed E-state index contributed by atoms with van der Waals surface area (Å²) >= 11 is 0. The van der Waals surface area contributed by atoms with E-state index in [2.05, 4.69) is 21.3 Å². The topological polar surface area (TPSA) is 353 Å². The number of carboxylic acid groups (broad SMARTS) is 6. The Bertz CT molecular complexity index is 2230. The first-order valence-corrected chi connectivity index (χ1v) is 25.1. The summed E-state index contributed by atoms with van der Waals surface area (Å²) in [5.41, 5.74) is 0.866. The quantitative estimate of drug-likeness (QED) is 0.0525. The summed E-state index contributed by atoms with van der Waals surface area (Å²) in [5, 5.41) is 68.6. The van der Waals surface area contributed by atoms with E-state index in [-0.39, 0.29) is 127 Å². The number of ketones is 1. The van der Waals surface area contributed by atoms with Gasteiger partial charge in [0.15, 0.2) is 0 Å². The van der Waals surface area contributed by atoms with Gasteiger partial charge in [-0.25, -0.2) is 14.4 Å². The predicted molar refractivity (Wildman–Crippen MR) is 266 cm³/mol. The Morgan fingerprint density at radius 3 is 1.55 bits per heavy atom. The molecule has 2 aliphatic rings. The number of nitrogens with one attached hydrogen (secondary N) is 4. The minimum Gasteiger partial charge on any atom is -0.481 e. The van der Waals surface area contributed by atoms with Gasteiger partial charge < -0.3 is 51.9 Å². The Labute approximate surface area is 428 Å². The molecule has 24 heteroatoms. The summed E-state index contributed by atoms with van der Waals surface area (Å²) < 4.78 is 0. The van der Waals surface area contributed by atoms with Gasteiger partial charge in [-0.15, -0.1) is 0 Å². The molecule has 1 saturated heterocycles. The maximum absolute atomic E-state index is 13.9. The van der Waals surface area contributed by atoms with E-state index in [1.807, 2.05) is 47.4 Å². The summed E-state index contributed by atoms with van der Waals surface area (Å²) in [6.07, 6.45) is 2.29. The maximum atomic E-state index is 13.9. The molecular formula is C50H72N8O16. The lowest BCUT2D eigenvalue weighted by Gasteiger charge is -2.33. The number of aliphatic carboxylic acids is 6. The van der Waals surface area contributed by atoms with Crippen LogP contribution >= 0.6 is 0 Å². The molecule has 1 aliphatic heterocycles. The summed E-state index contributed by atoms with van der Waals surface area (Å²) in [6, 6.07) is 9.61. The van der Waals surface area contributed by atoms with E-state index < -0.39 is 72.7 Å². The summed E-state index contributed by atoms with van der Waals surface area (Å²) in [7, 11) is 0. The molecule has 3 atom stereocenters. The smallest absolute Gasteiger partial charge is 0.326 e. The number of urea groups is 1. The summed E-state index contributed by atoms with van der Waals surface area (Å²) in [5.74, 6) is -8.84. The standard InChI is InChI=1S/C50H72N8O16/c59-41(36-12-8-33(9-13-36)28-52-42(60)29-55-17-19-56(30-44(63)64)21-23-58(32-46(67)68)24-22-57(20-18-55)31-45(65)66)27-38(26-34-10-11-35-5-1-2-6-37(35)25-34)47(69)51-16-4-3-7-39(48(70)71)53-50(74)54-40(49(72)73)14-15-43(61)62/h1-2,5-6,10-11,25,33,36,38-40H,3-4,7-9,12-24,26-32H2,(H,51,69)(H,52,60)(H,61,62)(H,63,64)(H,65,66)(H,67,68)(H,70,71)(H,72,73)(H2,53,54,74). The molecule has 1 aliphatic carbocycles. The van der Waals surface area contributed by atoms with Crippen molar-refractivity contribution < 1.29 is 78.6 Å². The Morgan fingerprint density at radius 2 is 1.05 bits per heavy atom. The number of rotatable bonds is 28. The molecule has 408 valence electrons. The van der Waals surface area contributed by atoms with E-state index >= 15 is 0 Å². The minimum absolute atomic E-state index is 0.0150. The van der Waals surface area contributed by atoms with Crippen molar-refractivity contribution in [2.24, 2.45) is 17.8 Å². The van der Waals surface area contributed by atoms with Crippen LogP contribution < -0.4 is 21.3 Å². The van der Waals surface area contributed by atoms with Crippen LogP contribution in [0.2, 0.25) is 0 Å². The third-order valence-electron chi connectivity index (χ3n) is 13.5. The highest BCUT2D eigenvalue weighted by Crippen LogP contribution is 2.31. The molecule has 3 unspecified atom stereocenters. The van der Waals surface area contributed by atoms with Crippen molar-refractivity contribution in [2.45, 2.75) is 82.7 Å². The number of carbonyl (C=O) groups is 10. The van der Waals surface area contributed by atoms with Crippen LogP contribution in [0.15, 0.2) is 42.5 Å². The Kier molecular flexibility index (Phi) is 25.1. The Morgan fingerprint density at radius 1 is 0.554 bits per heavy atom. The van der Waals surface area contributed by atoms with Crippen molar-refractivity contribution in [3.8, 4) is 0 Å². The van der Waals surface area contributed by atoms with Gasteiger partial charge >= 0.3 is 41.8 Å². The molecule has 74 heavy (non-hydrogen) atoms. The van der Waals surface area contributed by atoms with Crippen LogP contribution in [0.4, 0.5) is 4.79 Å². The number of fused-ring (bicyclic) bond motifs is 1. The number of amides is 4. The largest absolute Gasteiger partial charge is 0.481 e. The summed E-state index contributed by atoms with van der Waals surface area (Å²) in [4.78, 5) is 129. The van der Waals surface area contributed by atoms with Crippen molar-refractivity contribution in [3.63, 3.8) is 0 Å². The van der Waals surface area contributed by atoms with Crippen LogP contribution in [0.3, 0.4) is 0 Å². The highest BCUT2D eigenvalue weighted by molar-refractivity contribution is 5.89. The zero-order valence-corrected chi connectivity index (χ0v) is 41.7. The average molecular weight is 1040 g/mol. The molecule has 0 aromatic heterocycles. The number of carboxylic acids is 6. The average Bonchev–Trinajstić information content (AvgIpc) is 3.34. The highest BCUT2D eigenvalue weighted by atomic mass is 16.4. The maximum Gasteiger partial charge on any atom is 0.326 e. The third-order valence-corrected chi connectivity index (χ3v) is 13.5. The van der Waals surface area contributed by atoms with E-state index in [1.165, 1.54) is 0 Å². The first-order chi connectivity index (χ1) is 35.2. The second kappa shape index (κ2) is 31.1. The fourth-order valence-electron chi connectivity index (χ4n) is 9.28. The van der Waals surface area contributed by atoms with E-state index in [0.29, 0.717) is 51.7 Å². The number of Topliss-reactive ketones (excluding diaryl/α,β-unsaturated/α-hetero) is 1. The molecule has 10 N–H and O–H groups in total. The van der Waals surface area contributed by atoms with Gasteiger partial charge in [0.05, 0.1) is 26.2 Å². The number of hydrogen-bond acceptors (Lipinski definition) is 14. The molecule has 0 bridgehead atoms. The molecule has 24 nitrogen and oxygen atoms in total. The van der Waals surface area contributed by atoms with Gasteiger partial charge in [-0.2, -0.15) is 0 Å². The molecular weight excluding hydrogens is 969 g/mol. The van der Waals surface area contributed by atoms with Gasteiger partial charge in [0.2, 0.25) is 11.8 Å². The Balaban J connectivity index is 1.30. The molecule has 2 aromatic carbocycles. The molecule has 1 saturated carbocycles. The van der Waals surface area contributed by atoms with E-state index in [9.17, 15) is 73.5 Å². The van der Waals surface area contributed by atoms with Crippen molar-refractivity contribution in [1.82, 2.24) is 40.9 Å². The van der Waals surface area contributed by atoms with E-state index in [0.717, 1.165) is 16.3 Å². The van der Waals surface area contributed by atoms with E-state index in [4.69, 9.17) is 5.11 Å². The van der Waals surface area contributed by atoms with Gasteiger partial charge in [0.25, 0.3) is 0 Å². The SMILES string of the molecule is O=C(O)CCC(NC(=O)NC(CCCCNC(=O)C(CC(=O)C1CCC(CNC(=O)CN2CCN(CC(=O)O)CCN(CC(=O)O)CCN(CC(=O)O)CC2)CC1)Cc1ccc2ccccc2c1)C(=O)O)C(=O)O. The number of benzene rings is 2. The molecule has 0 radical (unpaired) electrons. The predicted octanol–water partition coefficient (Wildman–Crippen LogP) is 0.713. The monoisotopic (exact) mass is 1040 g/mol. The zero-order chi connectivity index (χ0) is 54.2. The number of carbonyl (C=O) groups excluding carboxylic acids is 4. The van der Waals surface area contributed by atoms with Crippen molar-refractivity contribution >= 4 is 70.2 Å². The molecule has 4 amide bonds. The zero-order valence-electron chi connectivity index (χ0n) is 41.7. The lowest BCUT2D eigenvalue weighted by molar-refractivity contribution is -0.141. The van der Waals surface area contributed by atoms with Gasteiger partial charge in [-0.1, -0.05) is 42.5 Å². The van der Waals surface area contributed by atoms with Crippen LogP contribution in [0, 0.1) is 17.8 Å². The van der Waals surface area contributed by atoms with Crippen molar-refractivity contribution in [1.29, 1.82) is 0 Å². The van der Waals surface area contributed by atoms with Gasteiger partial charge in [0, 0.05) is 90.1 Å². The second-order valence-corrected chi connectivity index (χ2v) is 19.2. The lowest BCUT2D eigenvalue weighted by Crippen LogP contribution is -2.51. The van der Waals surface area contributed by atoms with Gasteiger partial charge in [-0.3, -0.25) is 53.2 Å². The fraction of sp³-hybridized carbons (Fsp3) is 0.600. The Hall–Kier alpha value is -6.76. The highest BCUT2D eigenvalue weighted by Gasteiger charge is 2.31. The first-order valence-electron chi connectivity index (χ1n) is 25.1. The first kappa shape index (κ1) is 59.8. The lowest BCUT2D eigenvalue weighted by atomic mass is 9.77. The molecule has 1 heterocycles.